The molecule has 0 aromatic heterocycles. The van der Waals surface area contributed by atoms with Gasteiger partial charge in [0.25, 0.3) is 0 Å². The standard InChI is InChI=1S/C15H17F3N2O/c1-14(4-6-21-7-5-14)10-20-12-3-2-11(9-19)13(8-12)15(16,17)18/h2-3,8,20H,4-7,10H2,1H3. The van der Waals surface area contributed by atoms with E-state index in [1.54, 1.807) is 6.07 Å². The Morgan fingerprint density at radius 1 is 1.33 bits per heavy atom. The van der Waals surface area contributed by atoms with Gasteiger partial charge in [0.05, 0.1) is 17.2 Å². The number of nitrogens with one attached hydrogen (secondary N) is 1. The van der Waals surface area contributed by atoms with E-state index >= 15 is 0 Å². The fraction of sp³-hybridized carbons (Fsp3) is 0.533. The highest BCUT2D eigenvalue weighted by molar-refractivity contribution is 5.53. The van der Waals surface area contributed by atoms with E-state index in [0.717, 1.165) is 18.9 Å². The summed E-state index contributed by atoms with van der Waals surface area (Å²) in [5, 5.41) is 11.8. The summed E-state index contributed by atoms with van der Waals surface area (Å²) in [7, 11) is 0. The molecule has 1 N–H and O–H groups in total. The minimum Gasteiger partial charge on any atom is -0.384 e. The Labute approximate surface area is 121 Å². The second-order valence-corrected chi connectivity index (χ2v) is 5.65. The second-order valence-electron chi connectivity index (χ2n) is 5.65. The summed E-state index contributed by atoms with van der Waals surface area (Å²) in [4.78, 5) is 0. The smallest absolute Gasteiger partial charge is 0.384 e. The van der Waals surface area contributed by atoms with E-state index in [1.807, 2.05) is 0 Å². The first-order valence-electron chi connectivity index (χ1n) is 6.77. The number of benzene rings is 1. The molecule has 0 radical (unpaired) electrons. The molecule has 0 unspecified atom stereocenters. The number of alkyl halides is 3. The maximum Gasteiger partial charge on any atom is 0.417 e. The summed E-state index contributed by atoms with van der Waals surface area (Å²) < 4.78 is 44.0. The lowest BCUT2D eigenvalue weighted by atomic mass is 9.82. The molecule has 0 amide bonds. The summed E-state index contributed by atoms with van der Waals surface area (Å²) in [5.74, 6) is 0. The first-order valence-corrected chi connectivity index (χ1v) is 6.77. The second kappa shape index (κ2) is 5.94. The van der Waals surface area contributed by atoms with Gasteiger partial charge in [-0.15, -0.1) is 0 Å². The van der Waals surface area contributed by atoms with E-state index in [0.29, 0.717) is 25.4 Å². The number of halogens is 3. The van der Waals surface area contributed by atoms with Crippen molar-refractivity contribution in [3.63, 3.8) is 0 Å². The van der Waals surface area contributed by atoms with E-state index in [-0.39, 0.29) is 11.0 Å². The zero-order chi connectivity index (χ0) is 15.5. The highest BCUT2D eigenvalue weighted by atomic mass is 19.4. The van der Waals surface area contributed by atoms with Crippen LogP contribution in [0.2, 0.25) is 0 Å². The third-order valence-corrected chi connectivity index (χ3v) is 3.86. The third kappa shape index (κ3) is 3.88. The Hall–Kier alpha value is -1.74. The van der Waals surface area contributed by atoms with Crippen molar-refractivity contribution in [2.75, 3.05) is 25.1 Å². The van der Waals surface area contributed by atoms with Gasteiger partial charge in [0.1, 0.15) is 0 Å². The van der Waals surface area contributed by atoms with Crippen molar-refractivity contribution in [2.24, 2.45) is 5.41 Å². The summed E-state index contributed by atoms with van der Waals surface area (Å²) in [5.41, 5.74) is -0.851. The average molecular weight is 298 g/mol. The van der Waals surface area contributed by atoms with Crippen molar-refractivity contribution < 1.29 is 17.9 Å². The van der Waals surface area contributed by atoms with Crippen LogP contribution in [0.15, 0.2) is 18.2 Å². The Morgan fingerprint density at radius 3 is 2.57 bits per heavy atom. The average Bonchev–Trinajstić information content (AvgIpc) is 2.45. The van der Waals surface area contributed by atoms with Gasteiger partial charge < -0.3 is 10.1 Å². The quantitative estimate of drug-likeness (QED) is 0.923. The van der Waals surface area contributed by atoms with Gasteiger partial charge in [0.15, 0.2) is 0 Å². The number of anilines is 1. The van der Waals surface area contributed by atoms with E-state index in [4.69, 9.17) is 10.00 Å². The molecule has 114 valence electrons. The summed E-state index contributed by atoms with van der Waals surface area (Å²) in [6.07, 6.45) is -2.77. The maximum absolute atomic E-state index is 12.9. The van der Waals surface area contributed by atoms with Gasteiger partial charge >= 0.3 is 6.18 Å². The van der Waals surface area contributed by atoms with Crippen LogP contribution in [0, 0.1) is 16.7 Å². The molecule has 1 aromatic carbocycles. The van der Waals surface area contributed by atoms with E-state index in [1.165, 1.54) is 12.1 Å². The van der Waals surface area contributed by atoms with Crippen LogP contribution in [-0.4, -0.2) is 19.8 Å². The molecule has 1 fully saturated rings. The van der Waals surface area contributed by atoms with Crippen molar-refractivity contribution in [3.8, 4) is 6.07 Å². The molecular weight excluding hydrogens is 281 g/mol. The first kappa shape index (κ1) is 15.6. The summed E-state index contributed by atoms with van der Waals surface area (Å²) in [6.45, 7) is 4.04. The van der Waals surface area contributed by atoms with Gasteiger partial charge in [-0.05, 0) is 36.5 Å². The highest BCUT2D eigenvalue weighted by Crippen LogP contribution is 2.34. The number of hydrogen-bond acceptors (Lipinski definition) is 3. The van der Waals surface area contributed by atoms with Crippen LogP contribution in [0.3, 0.4) is 0 Å². The van der Waals surface area contributed by atoms with Crippen LogP contribution in [-0.2, 0) is 10.9 Å². The largest absolute Gasteiger partial charge is 0.417 e. The lowest BCUT2D eigenvalue weighted by Crippen LogP contribution is -2.33. The predicted octanol–water partition coefficient (Wildman–Crippen LogP) is 3.81. The first-order chi connectivity index (χ1) is 9.84. The molecule has 1 heterocycles. The van der Waals surface area contributed by atoms with Crippen molar-refractivity contribution in [1.29, 1.82) is 5.26 Å². The van der Waals surface area contributed by atoms with Crippen LogP contribution in [0.25, 0.3) is 0 Å². The zero-order valence-electron chi connectivity index (χ0n) is 11.8. The molecule has 1 aliphatic heterocycles. The Morgan fingerprint density at radius 2 is 2.00 bits per heavy atom. The lowest BCUT2D eigenvalue weighted by Gasteiger charge is -2.34. The van der Waals surface area contributed by atoms with Crippen molar-refractivity contribution in [1.82, 2.24) is 0 Å². The number of ether oxygens (including phenoxy) is 1. The van der Waals surface area contributed by atoms with Crippen molar-refractivity contribution in [3.05, 3.63) is 29.3 Å². The van der Waals surface area contributed by atoms with Crippen LogP contribution in [0.1, 0.15) is 30.9 Å². The highest BCUT2D eigenvalue weighted by Gasteiger charge is 2.34. The molecule has 3 nitrogen and oxygen atoms in total. The molecule has 1 saturated heterocycles. The summed E-state index contributed by atoms with van der Waals surface area (Å²) in [6, 6.07) is 5.30. The van der Waals surface area contributed by atoms with E-state index in [2.05, 4.69) is 12.2 Å². The fourth-order valence-corrected chi connectivity index (χ4v) is 2.34. The Bertz CT molecular complexity index is 543. The van der Waals surface area contributed by atoms with Gasteiger partial charge in [0.2, 0.25) is 0 Å². The van der Waals surface area contributed by atoms with Gasteiger partial charge in [0, 0.05) is 25.4 Å². The molecule has 1 aromatic rings. The molecular formula is C15H17F3N2O. The van der Waals surface area contributed by atoms with Gasteiger partial charge in [-0.25, -0.2) is 0 Å². The molecule has 21 heavy (non-hydrogen) atoms. The fourth-order valence-electron chi connectivity index (χ4n) is 2.34. The van der Waals surface area contributed by atoms with Crippen LogP contribution in [0.5, 0.6) is 0 Å². The molecule has 6 heteroatoms. The van der Waals surface area contributed by atoms with Gasteiger partial charge in [-0.3, -0.25) is 0 Å². The lowest BCUT2D eigenvalue weighted by molar-refractivity contribution is -0.137. The zero-order valence-corrected chi connectivity index (χ0v) is 11.8. The topological polar surface area (TPSA) is 45.0 Å². The van der Waals surface area contributed by atoms with Crippen LogP contribution < -0.4 is 5.32 Å². The SMILES string of the molecule is CC1(CNc2ccc(C#N)c(C(F)(F)F)c2)CCOCC1. The monoisotopic (exact) mass is 298 g/mol. The maximum atomic E-state index is 12.9. The van der Waals surface area contributed by atoms with E-state index < -0.39 is 11.7 Å². The molecule has 0 aliphatic carbocycles. The number of nitriles is 1. The minimum atomic E-state index is -4.52. The normalized spacial score (nSPS) is 18.0. The number of rotatable bonds is 3. The molecule has 0 saturated carbocycles. The van der Waals surface area contributed by atoms with Gasteiger partial charge in [-0.1, -0.05) is 6.92 Å². The van der Waals surface area contributed by atoms with Gasteiger partial charge in [-0.2, -0.15) is 18.4 Å². The Balaban J connectivity index is 2.12. The molecule has 1 aliphatic rings. The third-order valence-electron chi connectivity index (χ3n) is 3.86. The van der Waals surface area contributed by atoms with Crippen LogP contribution >= 0.6 is 0 Å². The number of hydrogen-bond donors (Lipinski definition) is 1. The number of nitrogens with zero attached hydrogens (tertiary/aromatic N) is 1. The minimum absolute atomic E-state index is 0.0184. The molecule has 2 rings (SSSR count). The molecule has 0 spiro atoms. The summed E-state index contributed by atoms with van der Waals surface area (Å²) >= 11 is 0. The van der Waals surface area contributed by atoms with Crippen molar-refractivity contribution in [2.45, 2.75) is 25.9 Å². The Kier molecular flexibility index (Phi) is 4.43. The van der Waals surface area contributed by atoms with Crippen molar-refractivity contribution >= 4 is 5.69 Å². The predicted molar refractivity (Wildman–Crippen MR) is 72.8 cm³/mol. The van der Waals surface area contributed by atoms with Crippen LogP contribution in [0.4, 0.5) is 18.9 Å². The molecule has 0 atom stereocenters. The molecule has 0 bridgehead atoms. The van der Waals surface area contributed by atoms with E-state index in [9.17, 15) is 13.2 Å².